The van der Waals surface area contributed by atoms with Crippen molar-refractivity contribution in [3.05, 3.63) is 12.7 Å². The Kier molecular flexibility index (Phi) is 4.08. The summed E-state index contributed by atoms with van der Waals surface area (Å²) in [6, 6.07) is 0. The molecule has 2 rings (SSSR count). The molecule has 94 valence electrons. The number of carbonyl (C=O) groups excluding carboxylic acids is 1. The lowest BCUT2D eigenvalue weighted by Crippen LogP contribution is -2.47. The Labute approximate surface area is 101 Å². The predicted octanol–water partition coefficient (Wildman–Crippen LogP) is -0.168. The summed E-state index contributed by atoms with van der Waals surface area (Å²) in [4.78, 5) is 20.0. The van der Waals surface area contributed by atoms with Crippen molar-refractivity contribution in [1.82, 2.24) is 24.6 Å². The molecular formula is C11H19N5O. The third kappa shape index (κ3) is 3.52. The van der Waals surface area contributed by atoms with Crippen molar-refractivity contribution in [1.29, 1.82) is 0 Å². The lowest BCUT2D eigenvalue weighted by molar-refractivity contribution is -0.132. The summed E-state index contributed by atoms with van der Waals surface area (Å²) in [7, 11) is 2.09. The summed E-state index contributed by atoms with van der Waals surface area (Å²) in [5, 5.41) is 4.01. The Morgan fingerprint density at radius 2 is 2.06 bits per heavy atom. The van der Waals surface area contributed by atoms with Gasteiger partial charge in [0, 0.05) is 39.1 Å². The van der Waals surface area contributed by atoms with Crippen molar-refractivity contribution in [3.8, 4) is 0 Å². The number of piperazine rings is 1. The van der Waals surface area contributed by atoms with E-state index in [1.807, 2.05) is 4.90 Å². The number of hydrogen-bond donors (Lipinski definition) is 0. The molecule has 0 spiro atoms. The van der Waals surface area contributed by atoms with Crippen molar-refractivity contribution in [3.63, 3.8) is 0 Å². The number of likely N-dealkylation sites (N-methyl/N-ethyl adjacent to an activating group) is 1. The quantitative estimate of drug-likeness (QED) is 0.730. The first kappa shape index (κ1) is 12.0. The second kappa shape index (κ2) is 5.77. The molecule has 0 radical (unpaired) electrons. The molecule has 1 fully saturated rings. The third-order valence-corrected chi connectivity index (χ3v) is 3.10. The zero-order valence-electron chi connectivity index (χ0n) is 10.2. The van der Waals surface area contributed by atoms with Crippen LogP contribution in [0.1, 0.15) is 12.8 Å². The molecule has 0 bridgehead atoms. The molecule has 6 heteroatoms. The van der Waals surface area contributed by atoms with Crippen LogP contribution in [0.5, 0.6) is 0 Å². The summed E-state index contributed by atoms with van der Waals surface area (Å²) in [5.74, 6) is 0.262. The number of rotatable bonds is 4. The third-order valence-electron chi connectivity index (χ3n) is 3.10. The smallest absolute Gasteiger partial charge is 0.222 e. The van der Waals surface area contributed by atoms with E-state index in [-0.39, 0.29) is 5.91 Å². The number of nitrogens with zero attached hydrogens (tertiary/aromatic N) is 5. The highest BCUT2D eigenvalue weighted by atomic mass is 16.2. The number of aromatic nitrogens is 3. The molecule has 0 saturated carbocycles. The second-order valence-corrected chi connectivity index (χ2v) is 4.45. The zero-order chi connectivity index (χ0) is 12.1. The van der Waals surface area contributed by atoms with Crippen LogP contribution < -0.4 is 0 Å². The van der Waals surface area contributed by atoms with E-state index in [0.29, 0.717) is 6.42 Å². The number of carbonyl (C=O) groups is 1. The highest BCUT2D eigenvalue weighted by Gasteiger charge is 2.18. The Balaban J connectivity index is 1.67. The first-order chi connectivity index (χ1) is 8.25. The van der Waals surface area contributed by atoms with Gasteiger partial charge in [-0.3, -0.25) is 9.48 Å². The number of hydrogen-bond acceptors (Lipinski definition) is 4. The van der Waals surface area contributed by atoms with Crippen molar-refractivity contribution < 1.29 is 4.79 Å². The summed E-state index contributed by atoms with van der Waals surface area (Å²) in [6.07, 6.45) is 4.63. The van der Waals surface area contributed by atoms with E-state index in [1.165, 1.54) is 6.33 Å². The summed E-state index contributed by atoms with van der Waals surface area (Å²) < 4.78 is 1.76. The van der Waals surface area contributed by atoms with Gasteiger partial charge in [-0.2, -0.15) is 5.10 Å². The average Bonchev–Trinajstić information content (AvgIpc) is 2.83. The Bertz CT molecular complexity index is 343. The maximum Gasteiger partial charge on any atom is 0.222 e. The molecule has 1 aliphatic heterocycles. The largest absolute Gasteiger partial charge is 0.340 e. The minimum atomic E-state index is 0.262. The van der Waals surface area contributed by atoms with Crippen LogP contribution in [0.3, 0.4) is 0 Å². The SMILES string of the molecule is CN1CCN(C(=O)CCCn2cncn2)CC1. The van der Waals surface area contributed by atoms with Crippen molar-refractivity contribution in [2.24, 2.45) is 0 Å². The molecule has 0 unspecified atom stereocenters. The number of amides is 1. The lowest BCUT2D eigenvalue weighted by Gasteiger charge is -2.32. The second-order valence-electron chi connectivity index (χ2n) is 4.45. The maximum absolute atomic E-state index is 11.9. The highest BCUT2D eigenvalue weighted by molar-refractivity contribution is 5.76. The molecule has 1 aromatic heterocycles. The fourth-order valence-electron chi connectivity index (χ4n) is 1.95. The fourth-order valence-corrected chi connectivity index (χ4v) is 1.95. The molecule has 1 saturated heterocycles. The van der Waals surface area contributed by atoms with E-state index in [9.17, 15) is 4.79 Å². The maximum atomic E-state index is 11.9. The van der Waals surface area contributed by atoms with Crippen LogP contribution in [0.15, 0.2) is 12.7 Å². The van der Waals surface area contributed by atoms with E-state index in [1.54, 1.807) is 11.0 Å². The van der Waals surface area contributed by atoms with E-state index < -0.39 is 0 Å². The van der Waals surface area contributed by atoms with Gasteiger partial charge in [-0.25, -0.2) is 4.98 Å². The van der Waals surface area contributed by atoms with Gasteiger partial charge >= 0.3 is 0 Å². The molecule has 1 aromatic rings. The summed E-state index contributed by atoms with van der Waals surface area (Å²) in [6.45, 7) is 4.44. The van der Waals surface area contributed by atoms with Gasteiger partial charge in [0.05, 0.1) is 0 Å². The van der Waals surface area contributed by atoms with Crippen LogP contribution in [0.2, 0.25) is 0 Å². The van der Waals surface area contributed by atoms with Crippen LogP contribution in [-0.2, 0) is 11.3 Å². The van der Waals surface area contributed by atoms with Gasteiger partial charge in [-0.1, -0.05) is 0 Å². The van der Waals surface area contributed by atoms with Gasteiger partial charge in [0.25, 0.3) is 0 Å². The minimum absolute atomic E-state index is 0.262. The van der Waals surface area contributed by atoms with Gasteiger partial charge in [0.2, 0.25) is 5.91 Å². The van der Waals surface area contributed by atoms with Crippen LogP contribution in [0.4, 0.5) is 0 Å². The van der Waals surface area contributed by atoms with Gasteiger partial charge in [-0.05, 0) is 13.5 Å². The van der Waals surface area contributed by atoms with Gasteiger partial charge in [0.15, 0.2) is 0 Å². The molecule has 1 aliphatic rings. The fraction of sp³-hybridized carbons (Fsp3) is 0.727. The monoisotopic (exact) mass is 237 g/mol. The zero-order valence-corrected chi connectivity index (χ0v) is 10.2. The van der Waals surface area contributed by atoms with E-state index >= 15 is 0 Å². The standard InChI is InChI=1S/C11H19N5O/c1-14-5-7-15(8-6-14)11(17)3-2-4-16-10-12-9-13-16/h9-10H,2-8H2,1H3. The molecule has 0 N–H and O–H groups in total. The molecular weight excluding hydrogens is 218 g/mol. The minimum Gasteiger partial charge on any atom is -0.340 e. The lowest BCUT2D eigenvalue weighted by atomic mass is 10.2. The highest BCUT2D eigenvalue weighted by Crippen LogP contribution is 2.04. The normalized spacial score (nSPS) is 17.4. The van der Waals surface area contributed by atoms with E-state index in [4.69, 9.17) is 0 Å². The molecule has 0 aliphatic carbocycles. The first-order valence-electron chi connectivity index (χ1n) is 6.04. The van der Waals surface area contributed by atoms with Crippen LogP contribution in [0, 0.1) is 0 Å². The van der Waals surface area contributed by atoms with Gasteiger partial charge in [0.1, 0.15) is 12.7 Å². The van der Waals surface area contributed by atoms with Crippen LogP contribution in [-0.4, -0.2) is 63.7 Å². The van der Waals surface area contributed by atoms with Crippen LogP contribution >= 0.6 is 0 Å². The first-order valence-corrected chi connectivity index (χ1v) is 6.04. The molecule has 0 atom stereocenters. The molecule has 2 heterocycles. The van der Waals surface area contributed by atoms with Crippen LogP contribution in [0.25, 0.3) is 0 Å². The van der Waals surface area contributed by atoms with Gasteiger partial charge in [-0.15, -0.1) is 0 Å². The van der Waals surface area contributed by atoms with E-state index in [0.717, 1.165) is 39.1 Å². The molecule has 1 amide bonds. The van der Waals surface area contributed by atoms with Crippen molar-refractivity contribution >= 4 is 5.91 Å². The average molecular weight is 237 g/mol. The predicted molar refractivity (Wildman–Crippen MR) is 63.3 cm³/mol. The molecule has 0 aromatic carbocycles. The van der Waals surface area contributed by atoms with Gasteiger partial charge < -0.3 is 9.80 Å². The topological polar surface area (TPSA) is 54.3 Å². The summed E-state index contributed by atoms with van der Waals surface area (Å²) in [5.41, 5.74) is 0. The van der Waals surface area contributed by atoms with Crippen molar-refractivity contribution in [2.75, 3.05) is 33.2 Å². The molecule has 6 nitrogen and oxygen atoms in total. The Morgan fingerprint density at radius 1 is 1.29 bits per heavy atom. The number of aryl methyl sites for hydroxylation is 1. The van der Waals surface area contributed by atoms with E-state index in [2.05, 4.69) is 22.0 Å². The molecule has 17 heavy (non-hydrogen) atoms. The Hall–Kier alpha value is -1.43. The summed E-state index contributed by atoms with van der Waals surface area (Å²) >= 11 is 0. The van der Waals surface area contributed by atoms with Crippen molar-refractivity contribution in [2.45, 2.75) is 19.4 Å². The Morgan fingerprint density at radius 3 is 2.71 bits per heavy atom.